The number of nitrogens with zero attached hydrogens (tertiary/aromatic N) is 1. The van der Waals surface area contributed by atoms with Crippen molar-refractivity contribution in [1.82, 2.24) is 0 Å². The molecule has 0 bridgehead atoms. The van der Waals surface area contributed by atoms with E-state index in [0.29, 0.717) is 30.1 Å². The Hall–Kier alpha value is -2.87. The normalized spacial score (nSPS) is 27.6. The number of carbonyl (C=O) groups is 1. The number of carbonyl (C=O) groups excluding carboxylic acids is 1. The second kappa shape index (κ2) is 6.63. The Kier molecular flexibility index (Phi) is 4.38. The van der Waals surface area contributed by atoms with E-state index in [1.807, 2.05) is 6.92 Å². The first-order valence-corrected chi connectivity index (χ1v) is 9.11. The van der Waals surface area contributed by atoms with Crippen LogP contribution in [0.25, 0.3) is 6.08 Å². The van der Waals surface area contributed by atoms with Crippen LogP contribution < -0.4 is 9.47 Å². The third-order valence-corrected chi connectivity index (χ3v) is 5.71. The van der Waals surface area contributed by atoms with Crippen LogP contribution in [-0.2, 0) is 19.7 Å². The summed E-state index contributed by atoms with van der Waals surface area (Å²) >= 11 is 0. The maximum Gasteiger partial charge on any atom is 0.251 e. The fraction of sp³-hybridized carbons (Fsp3) is 0.450. The zero-order valence-electron chi connectivity index (χ0n) is 15.9. The Balaban J connectivity index is 2.05. The third-order valence-electron chi connectivity index (χ3n) is 5.71. The lowest BCUT2D eigenvalue weighted by molar-refractivity contribution is -0.434. The van der Waals surface area contributed by atoms with Gasteiger partial charge in [-0.3, -0.25) is 14.9 Å². The molecule has 3 aliphatic rings. The van der Waals surface area contributed by atoms with Crippen molar-refractivity contribution in [3.8, 4) is 11.5 Å². The van der Waals surface area contributed by atoms with E-state index in [4.69, 9.17) is 18.9 Å². The summed E-state index contributed by atoms with van der Waals surface area (Å²) in [6.07, 6.45) is 2.95. The fourth-order valence-electron chi connectivity index (χ4n) is 4.60. The largest absolute Gasteiger partial charge is 0.493 e. The topological polar surface area (TPSA) is 97.1 Å². The number of nitro groups is 1. The maximum atomic E-state index is 12.5. The maximum absolute atomic E-state index is 12.5. The van der Waals surface area contributed by atoms with Crippen molar-refractivity contribution in [3.63, 3.8) is 0 Å². The lowest BCUT2D eigenvalue weighted by atomic mass is 9.58. The van der Waals surface area contributed by atoms with E-state index in [-0.39, 0.29) is 23.7 Å². The van der Waals surface area contributed by atoms with Gasteiger partial charge in [0.15, 0.2) is 23.0 Å². The van der Waals surface area contributed by atoms with Crippen molar-refractivity contribution in [1.29, 1.82) is 0 Å². The molecule has 2 aliphatic carbocycles. The Morgan fingerprint density at radius 2 is 2.11 bits per heavy atom. The number of Topliss-reactive ketones (excluding diaryl/α,β-unsaturated/α-hetero) is 1. The SMILES string of the molecule is CCO[C@@H]1C[C@]23C=C(OC)C(=O)C[C@H]2C([N+](=O)[O-])=Cc2ccc(OC)c(c23)O1. The molecule has 0 amide bonds. The quantitative estimate of drug-likeness (QED) is 0.566. The molecule has 0 unspecified atom stereocenters. The highest BCUT2D eigenvalue weighted by Crippen LogP contribution is 2.59. The number of hydrogen-bond donors (Lipinski definition) is 0. The summed E-state index contributed by atoms with van der Waals surface area (Å²) in [6, 6.07) is 3.50. The van der Waals surface area contributed by atoms with Crippen molar-refractivity contribution in [2.24, 2.45) is 5.92 Å². The van der Waals surface area contributed by atoms with Crippen LogP contribution in [0.15, 0.2) is 29.7 Å². The van der Waals surface area contributed by atoms with Crippen LogP contribution in [0.1, 0.15) is 30.9 Å². The second-order valence-corrected chi connectivity index (χ2v) is 7.03. The van der Waals surface area contributed by atoms with Gasteiger partial charge in [-0.2, -0.15) is 0 Å². The molecule has 0 radical (unpaired) electrons. The molecule has 0 N–H and O–H groups in total. The van der Waals surface area contributed by atoms with Gasteiger partial charge in [0, 0.05) is 36.5 Å². The van der Waals surface area contributed by atoms with Crippen LogP contribution in [0.4, 0.5) is 0 Å². The lowest BCUT2D eigenvalue weighted by Gasteiger charge is -2.48. The van der Waals surface area contributed by atoms with E-state index < -0.39 is 22.5 Å². The van der Waals surface area contributed by atoms with Gasteiger partial charge < -0.3 is 18.9 Å². The molecular weight excluding hydrogens is 366 g/mol. The molecule has 1 spiro atoms. The van der Waals surface area contributed by atoms with E-state index in [9.17, 15) is 14.9 Å². The molecule has 1 aliphatic heterocycles. The van der Waals surface area contributed by atoms with Crippen LogP contribution in [0.2, 0.25) is 0 Å². The Morgan fingerprint density at radius 1 is 1.32 bits per heavy atom. The molecule has 0 saturated carbocycles. The zero-order valence-corrected chi connectivity index (χ0v) is 15.9. The van der Waals surface area contributed by atoms with Crippen LogP contribution in [-0.4, -0.2) is 37.8 Å². The summed E-state index contributed by atoms with van der Waals surface area (Å²) < 4.78 is 22.6. The minimum atomic E-state index is -0.853. The number of hydrogen-bond acceptors (Lipinski definition) is 7. The van der Waals surface area contributed by atoms with Gasteiger partial charge >= 0.3 is 0 Å². The van der Waals surface area contributed by atoms with E-state index in [2.05, 4.69) is 0 Å². The molecule has 1 heterocycles. The van der Waals surface area contributed by atoms with Crippen LogP contribution in [0, 0.1) is 16.0 Å². The fourth-order valence-corrected chi connectivity index (χ4v) is 4.60. The summed E-state index contributed by atoms with van der Waals surface area (Å²) in [5.74, 6) is 0.327. The number of rotatable bonds is 5. The lowest BCUT2D eigenvalue weighted by Crippen LogP contribution is -2.50. The Morgan fingerprint density at radius 3 is 2.75 bits per heavy atom. The average Bonchev–Trinajstić information content (AvgIpc) is 2.67. The first kappa shape index (κ1) is 18.5. The van der Waals surface area contributed by atoms with E-state index in [1.165, 1.54) is 20.3 Å². The van der Waals surface area contributed by atoms with E-state index in [1.54, 1.807) is 18.2 Å². The first-order chi connectivity index (χ1) is 13.4. The van der Waals surface area contributed by atoms with Gasteiger partial charge in [-0.25, -0.2) is 0 Å². The first-order valence-electron chi connectivity index (χ1n) is 9.11. The summed E-state index contributed by atoms with van der Waals surface area (Å²) in [5, 5.41) is 11.9. The highest BCUT2D eigenvalue weighted by molar-refractivity contribution is 5.96. The minimum absolute atomic E-state index is 0.0125. The molecule has 0 fully saturated rings. The van der Waals surface area contributed by atoms with E-state index in [0.717, 1.165) is 5.56 Å². The van der Waals surface area contributed by atoms with Crippen LogP contribution in [0.5, 0.6) is 11.5 Å². The average molecular weight is 387 g/mol. The Bertz CT molecular complexity index is 919. The second-order valence-electron chi connectivity index (χ2n) is 7.03. The molecular formula is C20H21NO7. The highest BCUT2D eigenvalue weighted by atomic mass is 16.7. The summed E-state index contributed by atoms with van der Waals surface area (Å²) in [5.41, 5.74) is 0.615. The van der Waals surface area contributed by atoms with Crippen LogP contribution >= 0.6 is 0 Å². The summed E-state index contributed by atoms with van der Waals surface area (Å²) in [4.78, 5) is 24.0. The number of ether oxygens (including phenoxy) is 4. The molecule has 0 saturated heterocycles. The standard InChI is InChI=1S/C20H21NO7/c1-4-27-17-10-20-9-16(26-3)14(22)8-12(20)13(21(23)24)7-11-5-6-15(25-2)19(28-17)18(11)20/h5-7,9,12,17H,4,8,10H2,1-3H3/t12-,17-,20+/m0/s1. The van der Waals surface area contributed by atoms with Gasteiger partial charge in [0.05, 0.1) is 25.1 Å². The number of ketones is 1. The highest BCUT2D eigenvalue weighted by Gasteiger charge is 2.57. The molecule has 4 rings (SSSR count). The predicted molar refractivity (Wildman–Crippen MR) is 98.5 cm³/mol. The van der Waals surface area contributed by atoms with Crippen molar-refractivity contribution >= 4 is 11.9 Å². The van der Waals surface area contributed by atoms with Crippen molar-refractivity contribution in [2.45, 2.75) is 31.5 Å². The molecule has 0 aromatic heterocycles. The van der Waals surface area contributed by atoms with Gasteiger partial charge in [0.1, 0.15) is 0 Å². The smallest absolute Gasteiger partial charge is 0.251 e. The Labute approximate surface area is 161 Å². The van der Waals surface area contributed by atoms with Gasteiger partial charge in [-0.15, -0.1) is 0 Å². The van der Waals surface area contributed by atoms with E-state index >= 15 is 0 Å². The molecule has 28 heavy (non-hydrogen) atoms. The zero-order chi connectivity index (χ0) is 20.1. The monoisotopic (exact) mass is 387 g/mol. The molecule has 8 nitrogen and oxygen atoms in total. The molecule has 1 aromatic carbocycles. The van der Waals surface area contributed by atoms with Gasteiger partial charge in [-0.05, 0) is 24.6 Å². The van der Waals surface area contributed by atoms with Crippen LogP contribution in [0.3, 0.4) is 0 Å². The number of allylic oxidation sites excluding steroid dienone is 3. The minimum Gasteiger partial charge on any atom is -0.493 e. The number of benzene rings is 1. The summed E-state index contributed by atoms with van der Waals surface area (Å²) in [7, 11) is 2.97. The molecule has 148 valence electrons. The van der Waals surface area contributed by atoms with Crippen molar-refractivity contribution < 1.29 is 28.7 Å². The summed E-state index contributed by atoms with van der Waals surface area (Å²) in [6.45, 7) is 2.27. The van der Waals surface area contributed by atoms with Crippen molar-refractivity contribution in [3.05, 3.63) is 50.9 Å². The third kappa shape index (κ3) is 2.51. The van der Waals surface area contributed by atoms with Gasteiger partial charge in [0.25, 0.3) is 5.70 Å². The molecule has 3 atom stereocenters. The van der Waals surface area contributed by atoms with Crippen molar-refractivity contribution in [2.75, 3.05) is 20.8 Å². The molecule has 8 heteroatoms. The number of methoxy groups -OCH3 is 2. The van der Waals surface area contributed by atoms with Gasteiger partial charge in [0.2, 0.25) is 6.29 Å². The van der Waals surface area contributed by atoms with Gasteiger partial charge in [-0.1, -0.05) is 6.07 Å². The predicted octanol–water partition coefficient (Wildman–Crippen LogP) is 2.83. The molecule has 1 aromatic rings.